The van der Waals surface area contributed by atoms with Crippen LogP contribution in [0.15, 0.2) is 0 Å². The molecule has 1 aliphatic heterocycles. The third kappa shape index (κ3) is 51.1. The Morgan fingerprint density at radius 3 is 1.09 bits per heavy atom. The number of nitrogens with one attached hydrogen (secondary N) is 3. The van der Waals surface area contributed by atoms with Gasteiger partial charge in [0.15, 0.2) is 0 Å². The van der Waals surface area contributed by atoms with Crippen molar-refractivity contribution in [1.82, 2.24) is 4.90 Å². The Hall–Kier alpha value is -1.23. The first-order valence-electron chi connectivity index (χ1n) is 7.68. The van der Waals surface area contributed by atoms with Crippen molar-refractivity contribution in [2.24, 2.45) is 0 Å². The van der Waals surface area contributed by atoms with Crippen LogP contribution in [0.25, 0.3) is 0 Å². The summed E-state index contributed by atoms with van der Waals surface area (Å²) < 4.78 is 5.11. The molecule has 0 aliphatic carbocycles. The lowest BCUT2D eigenvalue weighted by Gasteiger charge is -2.27. The normalized spacial score (nSPS) is 11.0. The third-order valence-corrected chi connectivity index (χ3v) is 1.49. The van der Waals surface area contributed by atoms with Gasteiger partial charge in [-0.1, -0.05) is 35.1 Å². The van der Waals surface area contributed by atoms with E-state index in [1.807, 2.05) is 39.5 Å². The molecule has 0 aromatic rings. The summed E-state index contributed by atoms with van der Waals surface area (Å²) in [4.78, 5) is 2.02. The molecule has 0 aromatic heterocycles. The predicted molar refractivity (Wildman–Crippen MR) is 103 cm³/mol. The summed E-state index contributed by atoms with van der Waals surface area (Å²) in [6, 6.07) is 0. The van der Waals surface area contributed by atoms with Crippen LogP contribution in [-0.2, 0) is 4.74 Å². The summed E-state index contributed by atoms with van der Waals surface area (Å²) in [6.45, 7) is 20.1. The fraction of sp³-hybridized carbons (Fsp3) is 0.824. The van der Waals surface area contributed by atoms with E-state index in [2.05, 4.69) is 0 Å². The van der Waals surface area contributed by atoms with Crippen molar-refractivity contribution >= 4 is 17.3 Å². The van der Waals surface area contributed by atoms with Crippen molar-refractivity contribution in [3.63, 3.8) is 0 Å². The van der Waals surface area contributed by atoms with Crippen LogP contribution < -0.4 is 0 Å². The first-order chi connectivity index (χ1) is 9.77. The van der Waals surface area contributed by atoms with E-state index in [9.17, 15) is 0 Å². The molecular weight excluding hydrogens is 276 g/mol. The van der Waals surface area contributed by atoms with Gasteiger partial charge in [-0.2, -0.15) is 0 Å². The average Bonchev–Trinajstić information content (AvgIpc) is 2.43. The van der Waals surface area contributed by atoms with Crippen LogP contribution in [0, 0.1) is 16.2 Å². The maximum absolute atomic E-state index is 7.26. The summed E-state index contributed by atoms with van der Waals surface area (Å²) in [5.74, 6) is 0.651. The monoisotopic (exact) mass is 318 g/mol. The molecule has 136 valence electrons. The van der Waals surface area contributed by atoms with Gasteiger partial charge in [0.25, 0.3) is 0 Å². The molecule has 1 aliphatic rings. The van der Waals surface area contributed by atoms with Gasteiger partial charge < -0.3 is 20.5 Å². The van der Waals surface area contributed by atoms with Crippen molar-refractivity contribution in [2.75, 3.05) is 26.3 Å². The molecule has 0 aromatic carbocycles. The van der Waals surface area contributed by atoms with Gasteiger partial charge in [-0.05, 0) is 34.6 Å². The Bertz CT molecular complexity index is 227. The molecule has 3 N–H and O–H groups in total. The van der Waals surface area contributed by atoms with Crippen molar-refractivity contribution in [3.8, 4) is 0 Å². The highest BCUT2D eigenvalue weighted by Crippen LogP contribution is 1.95. The van der Waals surface area contributed by atoms with Gasteiger partial charge in [0.2, 0.25) is 0 Å². The second-order valence-electron chi connectivity index (χ2n) is 4.18. The lowest BCUT2D eigenvalue weighted by molar-refractivity contribution is 0.0675. The maximum atomic E-state index is 7.26. The smallest absolute Gasteiger partial charge is 0.0927 e. The van der Waals surface area contributed by atoms with E-state index in [1.165, 1.54) is 0 Å². The molecule has 1 fully saturated rings. The summed E-state index contributed by atoms with van der Waals surface area (Å²) >= 11 is 0. The van der Waals surface area contributed by atoms with Crippen LogP contribution in [0.2, 0.25) is 0 Å². The molecule has 5 nitrogen and oxygen atoms in total. The molecule has 0 spiro atoms. The van der Waals surface area contributed by atoms with Crippen molar-refractivity contribution < 1.29 is 4.74 Å². The Kier molecular flexibility index (Phi) is 41.6. The molecule has 0 bridgehead atoms. The predicted octanol–water partition coefficient (Wildman–Crippen LogP) is 5.10. The largest absolute Gasteiger partial charge is 0.378 e. The molecule has 1 saturated heterocycles. The molecule has 22 heavy (non-hydrogen) atoms. The molecule has 0 amide bonds. The zero-order valence-corrected chi connectivity index (χ0v) is 15.7. The van der Waals surface area contributed by atoms with Crippen LogP contribution >= 0.6 is 0 Å². The van der Waals surface area contributed by atoms with Gasteiger partial charge >= 0.3 is 0 Å². The first-order valence-corrected chi connectivity index (χ1v) is 7.68. The molecule has 1 rings (SSSR count). The molecule has 0 saturated carbocycles. The maximum Gasteiger partial charge on any atom is 0.0927 e. The minimum absolute atomic E-state index is 0. The zero-order valence-electron chi connectivity index (χ0n) is 15.7. The highest BCUT2D eigenvalue weighted by molar-refractivity contribution is 5.76. The van der Waals surface area contributed by atoms with E-state index >= 15 is 0 Å². The lowest BCUT2D eigenvalue weighted by atomic mass is 10.4. The van der Waals surface area contributed by atoms with E-state index in [0.717, 1.165) is 26.3 Å². The molecule has 0 atom stereocenters. The molecule has 0 radical (unpaired) electrons. The first kappa shape index (κ1) is 32.6. The Balaban J connectivity index is -0.0000000638. The Labute approximate surface area is 140 Å². The molecule has 0 unspecified atom stereocenters. The molecular formula is C17H42N4O. The Morgan fingerprint density at radius 1 is 0.727 bits per heavy atom. The van der Waals surface area contributed by atoms with Crippen LogP contribution in [0.4, 0.5) is 0 Å². The fourth-order valence-electron chi connectivity index (χ4n) is 0.899. The number of ether oxygens (including phenoxy) is 1. The van der Waals surface area contributed by atoms with Gasteiger partial charge in [-0.3, -0.25) is 5.41 Å². The van der Waals surface area contributed by atoms with Gasteiger partial charge in [-0.15, -0.1) is 0 Å². The second kappa shape index (κ2) is 28.0. The van der Waals surface area contributed by atoms with Crippen LogP contribution in [0.5, 0.6) is 0 Å². The number of morpholine rings is 1. The van der Waals surface area contributed by atoms with E-state index in [-0.39, 0.29) is 7.43 Å². The number of nitrogens with zero attached hydrogens (tertiary/aromatic N) is 1. The zero-order chi connectivity index (χ0) is 17.8. The van der Waals surface area contributed by atoms with Gasteiger partial charge in [0.05, 0.1) is 19.0 Å². The number of amidine groups is 1. The Morgan fingerprint density at radius 2 is 0.955 bits per heavy atom. The topological polar surface area (TPSA) is 84.0 Å². The molecule has 5 heteroatoms. The quantitative estimate of drug-likeness (QED) is 0.429. The van der Waals surface area contributed by atoms with E-state index in [4.69, 9.17) is 21.0 Å². The van der Waals surface area contributed by atoms with E-state index < -0.39 is 0 Å². The summed E-state index contributed by atoms with van der Waals surface area (Å²) in [7, 11) is 0. The van der Waals surface area contributed by atoms with Crippen molar-refractivity contribution in [1.29, 1.82) is 16.2 Å². The number of hydrogen-bond donors (Lipinski definition) is 3. The summed E-state index contributed by atoms with van der Waals surface area (Å²) in [5, 5.41) is 20.3. The lowest BCUT2D eigenvalue weighted by Crippen LogP contribution is -2.38. The van der Waals surface area contributed by atoms with Crippen molar-refractivity contribution in [3.05, 3.63) is 0 Å². The average molecular weight is 319 g/mol. The minimum atomic E-state index is 0. The van der Waals surface area contributed by atoms with Crippen LogP contribution in [0.1, 0.15) is 69.7 Å². The standard InChI is InChI=1S/C6H12N2O.2C3H7N.2C2H6.CH4/c1-6(7)8-2-4-9-5-3-8;2*1-3(2)4;2*1-2;/h7H,2-5H2,1H3;2*4H,1-2H3;2*1-2H3;1H4. The minimum Gasteiger partial charge on any atom is -0.378 e. The third-order valence-electron chi connectivity index (χ3n) is 1.49. The fourth-order valence-corrected chi connectivity index (χ4v) is 0.899. The van der Waals surface area contributed by atoms with E-state index in [0.29, 0.717) is 17.3 Å². The molecule has 1 heterocycles. The number of rotatable bonds is 0. The summed E-state index contributed by atoms with van der Waals surface area (Å²) in [5.41, 5.74) is 1.33. The van der Waals surface area contributed by atoms with Crippen molar-refractivity contribution in [2.45, 2.75) is 69.7 Å². The van der Waals surface area contributed by atoms with Gasteiger partial charge in [0.1, 0.15) is 0 Å². The SMILES string of the molecule is C.CC.CC.CC(=N)N1CCOCC1.CC(C)=N.CC(C)=N. The van der Waals surface area contributed by atoms with Gasteiger partial charge in [-0.25, -0.2) is 0 Å². The highest BCUT2D eigenvalue weighted by Gasteiger charge is 2.08. The van der Waals surface area contributed by atoms with Crippen LogP contribution in [0.3, 0.4) is 0 Å². The second-order valence-corrected chi connectivity index (χ2v) is 4.18. The number of hydrogen-bond acceptors (Lipinski definition) is 4. The highest BCUT2D eigenvalue weighted by atomic mass is 16.5. The van der Waals surface area contributed by atoms with Gasteiger partial charge in [0, 0.05) is 24.5 Å². The van der Waals surface area contributed by atoms with Crippen LogP contribution in [-0.4, -0.2) is 48.5 Å². The van der Waals surface area contributed by atoms with E-state index in [1.54, 1.807) is 27.7 Å². The summed E-state index contributed by atoms with van der Waals surface area (Å²) in [6.07, 6.45) is 0.